The van der Waals surface area contributed by atoms with Crippen molar-refractivity contribution in [1.29, 1.82) is 0 Å². The van der Waals surface area contributed by atoms with E-state index in [-0.39, 0.29) is 5.91 Å². The molecule has 0 aliphatic rings. The summed E-state index contributed by atoms with van der Waals surface area (Å²) < 4.78 is 0. The number of hydrogen-bond donors (Lipinski definition) is 1. The molecule has 18 heavy (non-hydrogen) atoms. The second-order valence-corrected chi connectivity index (χ2v) is 4.13. The van der Waals surface area contributed by atoms with Gasteiger partial charge in [-0.2, -0.15) is 0 Å². The second kappa shape index (κ2) is 4.87. The van der Waals surface area contributed by atoms with E-state index in [0.717, 1.165) is 11.3 Å². The molecule has 0 fully saturated rings. The summed E-state index contributed by atoms with van der Waals surface area (Å²) >= 11 is 0. The summed E-state index contributed by atoms with van der Waals surface area (Å²) in [6, 6.07) is 10.9. The lowest BCUT2D eigenvalue weighted by Crippen LogP contribution is -2.27. The van der Waals surface area contributed by atoms with Gasteiger partial charge in [0.15, 0.2) is 0 Å². The van der Waals surface area contributed by atoms with E-state index in [0.29, 0.717) is 11.4 Å². The van der Waals surface area contributed by atoms with Crippen LogP contribution in [-0.4, -0.2) is 17.9 Å². The highest BCUT2D eigenvalue weighted by Crippen LogP contribution is 2.18. The SMILES string of the molecule is Cc1cccnc1C(=O)N(C)c1cccc(N)c1. The lowest BCUT2D eigenvalue weighted by Gasteiger charge is -2.18. The van der Waals surface area contributed by atoms with E-state index >= 15 is 0 Å². The molecule has 2 rings (SSSR count). The highest BCUT2D eigenvalue weighted by molar-refractivity contribution is 6.05. The van der Waals surface area contributed by atoms with Crippen molar-refractivity contribution in [2.45, 2.75) is 6.92 Å². The third kappa shape index (κ3) is 2.32. The van der Waals surface area contributed by atoms with E-state index in [2.05, 4.69) is 4.98 Å². The number of aryl methyl sites for hydroxylation is 1. The average Bonchev–Trinajstić information content (AvgIpc) is 2.37. The lowest BCUT2D eigenvalue weighted by molar-refractivity contribution is 0.0987. The molecule has 0 aliphatic heterocycles. The number of carbonyl (C=O) groups excluding carboxylic acids is 1. The Kier molecular flexibility index (Phi) is 3.28. The van der Waals surface area contributed by atoms with E-state index in [1.165, 1.54) is 0 Å². The van der Waals surface area contributed by atoms with Crippen molar-refractivity contribution in [2.75, 3.05) is 17.7 Å². The van der Waals surface area contributed by atoms with E-state index in [1.807, 2.05) is 31.2 Å². The van der Waals surface area contributed by atoms with Crippen molar-refractivity contribution in [3.05, 3.63) is 53.9 Å². The quantitative estimate of drug-likeness (QED) is 0.820. The summed E-state index contributed by atoms with van der Waals surface area (Å²) in [6.07, 6.45) is 1.62. The van der Waals surface area contributed by atoms with Gasteiger partial charge in [0.05, 0.1) is 0 Å². The van der Waals surface area contributed by atoms with Crippen molar-refractivity contribution in [3.8, 4) is 0 Å². The number of nitrogen functional groups attached to an aromatic ring is 1. The number of amides is 1. The van der Waals surface area contributed by atoms with Crippen molar-refractivity contribution >= 4 is 17.3 Å². The Morgan fingerprint density at radius 3 is 2.72 bits per heavy atom. The number of pyridine rings is 1. The molecule has 1 amide bonds. The predicted octanol–water partition coefficient (Wildman–Crippen LogP) is 2.25. The van der Waals surface area contributed by atoms with Crippen LogP contribution in [0, 0.1) is 6.92 Å². The van der Waals surface area contributed by atoms with Crippen LogP contribution in [0.5, 0.6) is 0 Å². The molecule has 0 bridgehead atoms. The Bertz CT molecular complexity index is 581. The Morgan fingerprint density at radius 1 is 1.28 bits per heavy atom. The molecular weight excluding hydrogens is 226 g/mol. The zero-order valence-electron chi connectivity index (χ0n) is 10.4. The van der Waals surface area contributed by atoms with Crippen molar-refractivity contribution in [3.63, 3.8) is 0 Å². The average molecular weight is 241 g/mol. The molecule has 1 aromatic heterocycles. The summed E-state index contributed by atoms with van der Waals surface area (Å²) in [4.78, 5) is 18.0. The molecule has 92 valence electrons. The number of nitrogens with zero attached hydrogens (tertiary/aromatic N) is 2. The van der Waals surface area contributed by atoms with Crippen LogP contribution in [0.2, 0.25) is 0 Å². The minimum Gasteiger partial charge on any atom is -0.399 e. The largest absolute Gasteiger partial charge is 0.399 e. The molecule has 0 atom stereocenters. The van der Waals surface area contributed by atoms with Crippen molar-refractivity contribution in [2.24, 2.45) is 0 Å². The third-order valence-electron chi connectivity index (χ3n) is 2.77. The van der Waals surface area contributed by atoms with Crippen LogP contribution in [0.4, 0.5) is 11.4 Å². The van der Waals surface area contributed by atoms with Gasteiger partial charge in [-0.1, -0.05) is 12.1 Å². The maximum Gasteiger partial charge on any atom is 0.276 e. The molecule has 1 aromatic carbocycles. The number of aromatic nitrogens is 1. The standard InChI is InChI=1S/C14H15N3O/c1-10-5-4-8-16-13(10)14(18)17(2)12-7-3-6-11(15)9-12/h3-9H,15H2,1-2H3. The molecule has 1 heterocycles. The summed E-state index contributed by atoms with van der Waals surface area (Å²) in [5.41, 5.74) is 8.42. The molecule has 2 N–H and O–H groups in total. The van der Waals surface area contributed by atoms with E-state index in [1.54, 1.807) is 30.3 Å². The van der Waals surface area contributed by atoms with Crippen molar-refractivity contribution in [1.82, 2.24) is 4.98 Å². The fraction of sp³-hybridized carbons (Fsp3) is 0.143. The van der Waals surface area contributed by atoms with Gasteiger partial charge >= 0.3 is 0 Å². The first-order valence-corrected chi connectivity index (χ1v) is 5.65. The Morgan fingerprint density at radius 2 is 2.06 bits per heavy atom. The highest BCUT2D eigenvalue weighted by Gasteiger charge is 2.16. The van der Waals surface area contributed by atoms with Gasteiger partial charge in [-0.05, 0) is 36.8 Å². The molecule has 4 nitrogen and oxygen atoms in total. The van der Waals surface area contributed by atoms with Crippen LogP contribution in [0.25, 0.3) is 0 Å². The minimum atomic E-state index is -0.140. The van der Waals surface area contributed by atoms with Gasteiger partial charge in [-0.15, -0.1) is 0 Å². The summed E-state index contributed by atoms with van der Waals surface area (Å²) in [7, 11) is 1.71. The predicted molar refractivity (Wildman–Crippen MR) is 72.6 cm³/mol. The van der Waals surface area contributed by atoms with Gasteiger partial charge < -0.3 is 10.6 Å². The monoisotopic (exact) mass is 241 g/mol. The number of anilines is 2. The van der Waals surface area contributed by atoms with Gasteiger partial charge in [0.25, 0.3) is 5.91 Å². The lowest BCUT2D eigenvalue weighted by atomic mass is 10.2. The van der Waals surface area contributed by atoms with Crippen LogP contribution in [0.15, 0.2) is 42.6 Å². The maximum atomic E-state index is 12.3. The molecule has 0 radical (unpaired) electrons. The second-order valence-electron chi connectivity index (χ2n) is 4.13. The Balaban J connectivity index is 2.32. The smallest absolute Gasteiger partial charge is 0.276 e. The van der Waals surface area contributed by atoms with Gasteiger partial charge in [0.1, 0.15) is 5.69 Å². The van der Waals surface area contributed by atoms with Crippen LogP contribution < -0.4 is 10.6 Å². The first-order chi connectivity index (χ1) is 8.59. The minimum absolute atomic E-state index is 0.140. The Labute approximate surface area is 106 Å². The van der Waals surface area contributed by atoms with Gasteiger partial charge in [-0.25, -0.2) is 0 Å². The van der Waals surface area contributed by atoms with Gasteiger partial charge in [-0.3, -0.25) is 9.78 Å². The Hall–Kier alpha value is -2.36. The van der Waals surface area contributed by atoms with Crippen LogP contribution in [0.1, 0.15) is 16.1 Å². The summed E-state index contributed by atoms with van der Waals surface area (Å²) in [5.74, 6) is -0.140. The highest BCUT2D eigenvalue weighted by atomic mass is 16.2. The van der Waals surface area contributed by atoms with Crippen LogP contribution in [0.3, 0.4) is 0 Å². The number of carbonyl (C=O) groups is 1. The van der Waals surface area contributed by atoms with Crippen LogP contribution >= 0.6 is 0 Å². The summed E-state index contributed by atoms with van der Waals surface area (Å²) in [6.45, 7) is 1.87. The maximum absolute atomic E-state index is 12.3. The molecule has 0 saturated carbocycles. The molecule has 0 aliphatic carbocycles. The van der Waals surface area contributed by atoms with Crippen LogP contribution in [-0.2, 0) is 0 Å². The van der Waals surface area contributed by atoms with E-state index < -0.39 is 0 Å². The molecule has 4 heteroatoms. The van der Waals surface area contributed by atoms with E-state index in [9.17, 15) is 4.79 Å². The summed E-state index contributed by atoms with van der Waals surface area (Å²) in [5, 5.41) is 0. The zero-order valence-corrected chi connectivity index (χ0v) is 10.4. The number of benzene rings is 1. The number of rotatable bonds is 2. The first-order valence-electron chi connectivity index (χ1n) is 5.65. The molecule has 0 saturated heterocycles. The normalized spacial score (nSPS) is 10.1. The van der Waals surface area contributed by atoms with Gasteiger partial charge in [0, 0.05) is 24.6 Å². The van der Waals surface area contributed by atoms with Gasteiger partial charge in [0.2, 0.25) is 0 Å². The first kappa shape index (κ1) is 12.1. The van der Waals surface area contributed by atoms with E-state index in [4.69, 9.17) is 5.73 Å². The molecule has 0 spiro atoms. The number of nitrogens with two attached hydrogens (primary N) is 1. The molecular formula is C14H15N3O. The number of hydrogen-bond acceptors (Lipinski definition) is 3. The molecule has 0 unspecified atom stereocenters. The topological polar surface area (TPSA) is 59.2 Å². The third-order valence-corrected chi connectivity index (χ3v) is 2.77. The fourth-order valence-corrected chi connectivity index (χ4v) is 1.72. The molecule has 2 aromatic rings. The van der Waals surface area contributed by atoms with Crippen molar-refractivity contribution < 1.29 is 4.79 Å². The fourth-order valence-electron chi connectivity index (χ4n) is 1.72. The zero-order chi connectivity index (χ0) is 13.1.